The van der Waals surface area contributed by atoms with Crippen molar-refractivity contribution < 1.29 is 0 Å². The fourth-order valence-corrected chi connectivity index (χ4v) is 18.9. The van der Waals surface area contributed by atoms with Crippen LogP contribution in [0, 0.1) is 59.2 Å². The Bertz CT molecular complexity index is 1210. The van der Waals surface area contributed by atoms with E-state index >= 15 is 0 Å². The first-order chi connectivity index (χ1) is 26.8. The van der Waals surface area contributed by atoms with Crippen molar-refractivity contribution in [3.63, 3.8) is 0 Å². The summed E-state index contributed by atoms with van der Waals surface area (Å²) in [4.78, 5) is 6.78. The van der Waals surface area contributed by atoms with E-state index in [4.69, 9.17) is 0 Å². The highest BCUT2D eigenvalue weighted by Gasteiger charge is 2.58. The lowest BCUT2D eigenvalue weighted by atomic mass is 9.62. The normalized spacial score (nSPS) is 51.1. The fraction of sp³-hybridized carbons (Fsp3) is 1.00. The molecule has 0 bridgehead atoms. The molecule has 0 aromatic heterocycles. The molecule has 11 fully saturated rings. The highest BCUT2D eigenvalue weighted by Crippen LogP contribution is 2.59. The molecule has 0 aromatic carbocycles. The van der Waals surface area contributed by atoms with Crippen LogP contribution < -0.4 is 5.32 Å². The van der Waals surface area contributed by atoms with Crippen LogP contribution >= 0.6 is 0 Å². The van der Waals surface area contributed by atoms with Crippen LogP contribution in [-0.4, -0.2) is 58.1 Å². The molecule has 0 aromatic rings. The topological polar surface area (TPSA) is 18.5 Å². The highest BCUT2D eigenvalue weighted by atomic mass is 15.3. The number of hydrogen-bond acceptors (Lipinski definition) is 3. The summed E-state index contributed by atoms with van der Waals surface area (Å²) in [6.07, 6.45) is 51.0. The van der Waals surface area contributed by atoms with Gasteiger partial charge in [-0.3, -0.25) is 9.80 Å². The second kappa shape index (κ2) is 16.1. The minimum Gasteiger partial charge on any atom is -0.311 e. The van der Waals surface area contributed by atoms with E-state index in [9.17, 15) is 0 Å². The maximum Gasteiger partial charge on any atom is 0.0133 e. The molecule has 0 spiro atoms. The van der Waals surface area contributed by atoms with E-state index in [0.29, 0.717) is 0 Å². The van der Waals surface area contributed by atoms with Gasteiger partial charge in [-0.15, -0.1) is 0 Å². The van der Waals surface area contributed by atoms with Crippen LogP contribution in [0.25, 0.3) is 0 Å². The lowest BCUT2D eigenvalue weighted by Gasteiger charge is -2.51. The molecule has 3 heteroatoms. The average Bonchev–Trinajstić information content (AvgIpc) is 3.76. The molecule has 3 aliphatic heterocycles. The number of fused-ring (bicyclic) bond motifs is 7. The second-order valence-corrected chi connectivity index (χ2v) is 23.0. The predicted octanol–water partition coefficient (Wildman–Crippen LogP) is 12.3. The first-order valence-electron chi connectivity index (χ1n) is 26.1. The lowest BCUT2D eigenvalue weighted by Crippen LogP contribution is -2.60. The summed E-state index contributed by atoms with van der Waals surface area (Å²) >= 11 is 0. The number of rotatable bonds is 5. The van der Waals surface area contributed by atoms with Crippen LogP contribution in [0.2, 0.25) is 0 Å². The van der Waals surface area contributed by atoms with E-state index < -0.39 is 0 Å². The summed E-state index contributed by atoms with van der Waals surface area (Å²) in [5.74, 6) is 10.4. The van der Waals surface area contributed by atoms with Crippen LogP contribution in [0.5, 0.6) is 0 Å². The molecule has 1 N–H and O–H groups in total. The molecule has 0 amide bonds. The molecule has 3 saturated heterocycles. The van der Waals surface area contributed by atoms with Crippen LogP contribution in [0.1, 0.15) is 212 Å². The Balaban J connectivity index is 0.807. The lowest BCUT2D eigenvalue weighted by molar-refractivity contribution is -0.0134. The highest BCUT2D eigenvalue weighted by molar-refractivity contribution is 5.11. The summed E-state index contributed by atoms with van der Waals surface area (Å²) < 4.78 is 0. The van der Waals surface area contributed by atoms with Gasteiger partial charge < -0.3 is 5.32 Å². The van der Waals surface area contributed by atoms with Gasteiger partial charge in [-0.2, -0.15) is 0 Å². The quantitative estimate of drug-likeness (QED) is 0.303. The largest absolute Gasteiger partial charge is 0.311 e. The zero-order valence-corrected chi connectivity index (χ0v) is 35.1. The summed E-state index contributed by atoms with van der Waals surface area (Å²) in [6, 6.07) is 7.30. The number of hydrogen-bond donors (Lipinski definition) is 1. The fourth-order valence-electron chi connectivity index (χ4n) is 18.9. The third kappa shape index (κ3) is 6.77. The van der Waals surface area contributed by atoms with E-state index in [1.165, 1.54) is 96.3 Å². The van der Waals surface area contributed by atoms with E-state index in [1.54, 1.807) is 116 Å². The van der Waals surface area contributed by atoms with Gasteiger partial charge in [0.25, 0.3) is 0 Å². The standard InChI is InChI=1S/C51H85N3/c1-3-15-35(16-4-1)45-32-39(33-46(52-45)36-17-5-2-6-18-36)53-48-23-11-9-21-41(48)43-30-37(26-28-50(43)53)38-27-29-51-44(31-38)42-22-10-12-24-49(42)54(51)47-25-13-19-34-14-7-8-20-40(34)47/h34-52H,1-33H2. The van der Waals surface area contributed by atoms with Crippen molar-refractivity contribution in [3.05, 3.63) is 0 Å². The molecule has 8 saturated carbocycles. The smallest absolute Gasteiger partial charge is 0.0133 e. The SMILES string of the molecule is C1CCC(C2CC(N3C4CCCCC4C4CC(C5CCC6C(C5)C5CCCCC5N6C5CCCC6CCCCC65)CCC43)CC(C3CCCCC3)N2)CC1. The van der Waals surface area contributed by atoms with Crippen molar-refractivity contribution in [3.8, 4) is 0 Å². The van der Waals surface area contributed by atoms with Gasteiger partial charge in [-0.25, -0.2) is 0 Å². The van der Waals surface area contributed by atoms with Gasteiger partial charge in [0.2, 0.25) is 0 Å². The Labute approximate surface area is 333 Å². The Kier molecular flexibility index (Phi) is 11.0. The molecule has 8 aliphatic carbocycles. The molecule has 54 heavy (non-hydrogen) atoms. The summed E-state index contributed by atoms with van der Waals surface area (Å²) in [7, 11) is 0. The first-order valence-corrected chi connectivity index (χ1v) is 26.1. The summed E-state index contributed by atoms with van der Waals surface area (Å²) in [5.41, 5.74) is 0. The van der Waals surface area contributed by atoms with E-state index in [1.807, 2.05) is 0 Å². The van der Waals surface area contributed by atoms with Gasteiger partial charge in [0, 0.05) is 48.3 Å². The minimum absolute atomic E-state index is 0.816. The molecule has 304 valence electrons. The maximum atomic E-state index is 4.49. The van der Waals surface area contributed by atoms with Crippen LogP contribution in [0.4, 0.5) is 0 Å². The zero-order valence-electron chi connectivity index (χ0n) is 35.1. The maximum absolute atomic E-state index is 4.49. The molecule has 3 heterocycles. The van der Waals surface area contributed by atoms with Crippen molar-refractivity contribution in [1.29, 1.82) is 0 Å². The first kappa shape index (κ1) is 36.9. The van der Waals surface area contributed by atoms with Crippen molar-refractivity contribution in [2.45, 2.75) is 260 Å². The van der Waals surface area contributed by atoms with Gasteiger partial charge in [-0.1, -0.05) is 96.3 Å². The molecule has 15 atom stereocenters. The molecule has 3 nitrogen and oxygen atoms in total. The monoisotopic (exact) mass is 740 g/mol. The Hall–Kier alpha value is -0.120. The number of nitrogens with zero attached hydrogens (tertiary/aromatic N) is 2. The van der Waals surface area contributed by atoms with Crippen LogP contribution in [0.3, 0.4) is 0 Å². The van der Waals surface area contributed by atoms with Gasteiger partial charge in [0.05, 0.1) is 0 Å². The second-order valence-electron chi connectivity index (χ2n) is 23.0. The molecule has 0 radical (unpaired) electrons. The summed E-state index contributed by atoms with van der Waals surface area (Å²) in [5, 5.41) is 4.49. The third-order valence-electron chi connectivity index (χ3n) is 20.9. The summed E-state index contributed by atoms with van der Waals surface area (Å²) in [6.45, 7) is 0. The van der Waals surface area contributed by atoms with Gasteiger partial charge >= 0.3 is 0 Å². The van der Waals surface area contributed by atoms with E-state index in [2.05, 4.69) is 15.1 Å². The molecular formula is C51H85N3. The molecular weight excluding hydrogens is 655 g/mol. The third-order valence-corrected chi connectivity index (χ3v) is 20.9. The van der Waals surface area contributed by atoms with Gasteiger partial charge in [0.1, 0.15) is 0 Å². The van der Waals surface area contributed by atoms with E-state index in [0.717, 1.165) is 108 Å². The number of nitrogens with one attached hydrogen (secondary N) is 1. The number of piperidine rings is 1. The molecule has 15 unspecified atom stereocenters. The van der Waals surface area contributed by atoms with Crippen LogP contribution in [0.15, 0.2) is 0 Å². The Morgan fingerprint density at radius 1 is 0.259 bits per heavy atom. The molecule has 11 aliphatic rings. The van der Waals surface area contributed by atoms with Crippen LogP contribution in [-0.2, 0) is 0 Å². The van der Waals surface area contributed by atoms with Crippen molar-refractivity contribution in [2.24, 2.45) is 59.2 Å². The minimum atomic E-state index is 0.816. The van der Waals surface area contributed by atoms with Crippen molar-refractivity contribution in [2.75, 3.05) is 0 Å². The zero-order chi connectivity index (χ0) is 35.6. The molecule has 11 rings (SSSR count). The van der Waals surface area contributed by atoms with Crippen molar-refractivity contribution >= 4 is 0 Å². The Morgan fingerprint density at radius 3 is 1.28 bits per heavy atom. The Morgan fingerprint density at radius 2 is 0.667 bits per heavy atom. The van der Waals surface area contributed by atoms with E-state index in [-0.39, 0.29) is 0 Å². The van der Waals surface area contributed by atoms with Gasteiger partial charge in [0.15, 0.2) is 0 Å². The predicted molar refractivity (Wildman–Crippen MR) is 224 cm³/mol. The van der Waals surface area contributed by atoms with Gasteiger partial charge in [-0.05, 0) is 175 Å². The van der Waals surface area contributed by atoms with Crippen molar-refractivity contribution in [1.82, 2.24) is 15.1 Å². The number of likely N-dealkylation sites (tertiary alicyclic amines) is 2. The average molecular weight is 740 g/mol.